The van der Waals surface area contributed by atoms with E-state index in [1.807, 2.05) is 175 Å². The van der Waals surface area contributed by atoms with Crippen molar-refractivity contribution in [3.8, 4) is 66.6 Å². The number of carboxylic acid groups (broad SMARTS) is 2. The third-order valence-corrected chi connectivity index (χ3v) is 22.0. The number of carbonyl (C=O) groups is 6. The summed E-state index contributed by atoms with van der Waals surface area (Å²) < 4.78 is 52.8. The normalized spacial score (nSPS) is 10.8. The number of ether oxygens (including phenoxy) is 2. The number of fused-ring (bicyclic) bond motifs is 3. The summed E-state index contributed by atoms with van der Waals surface area (Å²) in [6.45, 7) is 17.3. The lowest BCUT2D eigenvalue weighted by atomic mass is 10.1. The molecule has 13 heterocycles. The van der Waals surface area contributed by atoms with Crippen molar-refractivity contribution in [2.24, 2.45) is 21.1 Å². The molecule has 0 atom stereocenters. The molecule has 42 heteroatoms. The van der Waals surface area contributed by atoms with Crippen molar-refractivity contribution < 1.29 is 76.3 Å². The summed E-state index contributed by atoms with van der Waals surface area (Å²) in [5, 5.41) is 66.5. The van der Waals surface area contributed by atoms with Crippen LogP contribution in [0.5, 0.6) is 0 Å². The third kappa shape index (κ3) is 27.1. The summed E-state index contributed by atoms with van der Waals surface area (Å²) >= 11 is 2.93. The lowest BCUT2D eigenvalue weighted by Gasteiger charge is -2.19. The molecule has 0 spiro atoms. The number of aliphatic hydroxyl groups excluding tert-OH is 2. The van der Waals surface area contributed by atoms with Crippen LogP contribution in [-0.4, -0.2) is 188 Å². The van der Waals surface area contributed by atoms with Gasteiger partial charge in [-0.1, -0.05) is 123 Å². The van der Waals surface area contributed by atoms with Gasteiger partial charge in [-0.2, -0.15) is 15.3 Å². The SMILES string of the molecule is CC(C)(C)OC(=O)Cc1ccn2nc(-c3ccccc3)nc2c1.CCc1csc(-c2cnn(C)c2C(=O)CO)n1.CCc1csc(-c2cnn(C)c2C(=O)O)n1.COC(=O)c1cc[n+](N)c(N)c1.Cc1cc(C)c(S(=O)(=O)[O-])c(C)c1.Cc1ncc(C)c(-c2cnn(C)c2C(=O)CO)n1.Cl.Nc1ccn2nc(-c3ccccc3)nc2c1.O=C(O)c1ccn2nc(-c3ccccc3)nc2c1. The number of methoxy groups -OCH3 is 1. The molecule has 0 amide bonds. The summed E-state index contributed by atoms with van der Waals surface area (Å²) in [4.78, 5) is 98.5. The van der Waals surface area contributed by atoms with Crippen LogP contribution in [0.15, 0.2) is 217 Å². The maximum Gasteiger partial charge on any atom is 0.354 e. The predicted octanol–water partition coefficient (Wildman–Crippen LogP) is 12.1. The van der Waals surface area contributed by atoms with E-state index in [1.165, 1.54) is 79.0 Å². The van der Waals surface area contributed by atoms with Gasteiger partial charge >= 0.3 is 23.9 Å². The number of carbonyl (C=O) groups excluding carboxylic acids is 4. The number of rotatable bonds is 18. The van der Waals surface area contributed by atoms with E-state index in [4.69, 9.17) is 42.5 Å². The number of nitrogens with zero attached hydrogens (tertiary/aromatic N) is 20. The zero-order chi connectivity index (χ0) is 96.7. The first-order chi connectivity index (χ1) is 63.3. The predicted molar refractivity (Wildman–Crippen MR) is 505 cm³/mol. The summed E-state index contributed by atoms with van der Waals surface area (Å²) in [6, 6.07) is 45.9. The number of nitrogen functional groups attached to an aromatic ring is 3. The van der Waals surface area contributed by atoms with Gasteiger partial charge < -0.3 is 40.2 Å². The molecule has 0 unspecified atom stereocenters. The molecule has 0 saturated carbocycles. The molecule has 13 aromatic heterocycles. The van der Waals surface area contributed by atoms with Crippen molar-refractivity contribution in [1.29, 1.82) is 0 Å². The Kier molecular flexibility index (Phi) is 35.4. The van der Waals surface area contributed by atoms with Crippen molar-refractivity contribution in [3.05, 3.63) is 285 Å². The fourth-order valence-electron chi connectivity index (χ4n) is 12.8. The van der Waals surface area contributed by atoms with Crippen LogP contribution < -0.4 is 22.0 Å². The van der Waals surface area contributed by atoms with Gasteiger partial charge in [0.05, 0.1) is 76.4 Å². The highest BCUT2D eigenvalue weighted by Gasteiger charge is 2.25. The highest BCUT2D eigenvalue weighted by Crippen LogP contribution is 2.31. The van der Waals surface area contributed by atoms with Gasteiger partial charge in [-0.15, -0.1) is 55.1 Å². The van der Waals surface area contributed by atoms with E-state index in [9.17, 15) is 41.7 Å². The first kappa shape index (κ1) is 102. The Bertz CT molecular complexity index is 7080. The van der Waals surface area contributed by atoms with Gasteiger partial charge in [0.2, 0.25) is 11.6 Å². The fraction of sp³-hybridized carbons (Fsp3) is 0.217. The van der Waals surface area contributed by atoms with Gasteiger partial charge in [-0.3, -0.25) is 40.0 Å². The molecule has 10 N–H and O–H groups in total. The van der Waals surface area contributed by atoms with Crippen molar-refractivity contribution in [1.82, 2.24) is 93.1 Å². The largest absolute Gasteiger partial charge is 0.744 e. The highest BCUT2D eigenvalue weighted by molar-refractivity contribution is 7.85. The molecule has 38 nitrogen and oxygen atoms in total. The molecule has 696 valence electrons. The van der Waals surface area contributed by atoms with Gasteiger partial charge in [0.15, 0.2) is 40.1 Å². The lowest BCUT2D eigenvalue weighted by molar-refractivity contribution is -0.623. The highest BCUT2D eigenvalue weighted by atomic mass is 35.5. The molecule has 0 saturated heterocycles. The number of ketones is 2. The number of hydrogen-bond donors (Lipinski definition) is 7. The van der Waals surface area contributed by atoms with E-state index >= 15 is 0 Å². The van der Waals surface area contributed by atoms with E-state index in [0.29, 0.717) is 102 Å². The molecule has 0 radical (unpaired) electrons. The van der Waals surface area contributed by atoms with Crippen LogP contribution in [0, 0.1) is 34.6 Å². The van der Waals surface area contributed by atoms with E-state index < -0.39 is 46.8 Å². The minimum Gasteiger partial charge on any atom is -0.744 e. The number of aliphatic hydroxyl groups is 2. The van der Waals surface area contributed by atoms with Crippen molar-refractivity contribution in [2.75, 3.05) is 37.6 Å². The number of aromatic nitrogens is 20. The summed E-state index contributed by atoms with van der Waals surface area (Å²) in [5.41, 5.74) is 26.0. The number of halogens is 1. The summed E-state index contributed by atoms with van der Waals surface area (Å²) in [6.07, 6.45) is 15.1. The number of aryl methyl sites for hydroxylation is 10. The molecule has 17 rings (SSSR count). The molecule has 0 aliphatic rings. The zero-order valence-electron chi connectivity index (χ0n) is 75.3. The number of pyridine rings is 4. The van der Waals surface area contributed by atoms with Crippen molar-refractivity contribution in [3.63, 3.8) is 0 Å². The Morgan fingerprint density at radius 1 is 0.530 bits per heavy atom. The Labute approximate surface area is 783 Å². The van der Waals surface area contributed by atoms with Gasteiger partial charge in [-0.05, 0) is 127 Å². The van der Waals surface area contributed by atoms with Crippen molar-refractivity contribution >= 4 is 109 Å². The molecule has 0 aliphatic carbocycles. The minimum atomic E-state index is -4.33. The molecule has 17 aromatic rings. The second-order valence-electron chi connectivity index (χ2n) is 30.2. The van der Waals surface area contributed by atoms with Crippen LogP contribution in [0.4, 0.5) is 11.5 Å². The second-order valence-corrected chi connectivity index (χ2v) is 33.2. The maximum atomic E-state index is 11.9. The number of thiazole rings is 2. The zero-order valence-corrected chi connectivity index (χ0v) is 78.6. The number of esters is 2. The number of carboxylic acids is 2. The van der Waals surface area contributed by atoms with Gasteiger partial charge in [0, 0.05) is 96.8 Å². The quantitative estimate of drug-likeness (QED) is 0.0138. The molecule has 134 heavy (non-hydrogen) atoms. The summed E-state index contributed by atoms with van der Waals surface area (Å²) in [7, 11) is 1.93. The Balaban J connectivity index is 0.000000173. The van der Waals surface area contributed by atoms with Crippen LogP contribution in [0.25, 0.3) is 83.5 Å². The average Bonchev–Trinajstić information content (AvgIpc) is 1.79. The number of anilines is 2. The monoisotopic (exact) mass is 1900 g/mol. The maximum absolute atomic E-state index is 11.9. The summed E-state index contributed by atoms with van der Waals surface area (Å²) in [5.74, 6) is 4.92. The average molecular weight is 1900 g/mol. The third-order valence-electron chi connectivity index (χ3n) is 19.0. The molecular formula is C92H98ClN23O15S3. The van der Waals surface area contributed by atoms with Crippen LogP contribution in [0.1, 0.15) is 132 Å². The van der Waals surface area contributed by atoms with Crippen molar-refractivity contribution in [2.45, 2.75) is 99.0 Å². The molecular weight excluding hydrogens is 1800 g/mol. The van der Waals surface area contributed by atoms with E-state index in [1.54, 1.807) is 111 Å². The number of benzene rings is 4. The number of aromatic carboxylic acids is 2. The molecule has 0 bridgehead atoms. The molecule has 0 aliphatic heterocycles. The van der Waals surface area contributed by atoms with Gasteiger partial charge in [-0.25, -0.2) is 71.2 Å². The second kappa shape index (κ2) is 46.4. The molecule has 0 fully saturated rings. The van der Waals surface area contributed by atoms with Crippen LogP contribution in [0.2, 0.25) is 0 Å². The Hall–Kier alpha value is -15.4. The fourth-order valence-corrected chi connectivity index (χ4v) is 15.5. The topological polar surface area (TPSA) is 537 Å². The van der Waals surface area contributed by atoms with Crippen LogP contribution >= 0.6 is 35.1 Å². The Morgan fingerprint density at radius 2 is 0.970 bits per heavy atom. The lowest BCUT2D eigenvalue weighted by Crippen LogP contribution is -2.46. The van der Waals surface area contributed by atoms with E-state index in [0.717, 1.165) is 68.3 Å². The smallest absolute Gasteiger partial charge is 0.354 e. The van der Waals surface area contributed by atoms with Crippen LogP contribution in [0.3, 0.4) is 0 Å². The Morgan fingerprint density at radius 3 is 1.40 bits per heavy atom. The number of nitrogens with two attached hydrogens (primary N) is 3. The van der Waals surface area contributed by atoms with E-state index in [2.05, 4.69) is 70.2 Å². The minimum absolute atomic E-state index is 0. The first-order valence-electron chi connectivity index (χ1n) is 40.7. The number of hydrogen-bond acceptors (Lipinski definition) is 31. The van der Waals surface area contributed by atoms with Gasteiger partial charge in [0.25, 0.3) is 5.82 Å². The number of Topliss-reactive ketones (excluding diaryl/α,β-unsaturated/α-hetero) is 2. The molecule has 4 aromatic carbocycles. The standard InChI is InChI=1S/C18H19N3O2.C13H9N3O2.C12H14N4O2.C12H10N4.C11H13N3O2S.C10H11N3O2S.C9H12O3S.C7H9N3O2.ClH/c1-18(2,3)23-16(22)12-13-9-10-21-15(11-13)19-17(20-21)14-7-5-4-6-8-14;17-13(18)10-6-7-16-11(8-10)14-12(15-16)9-4-2-1-3-5-9;1-7-4-13-8(2)15-11(7)9-5-14-16(3)12(9)10(18)6-17;13-10-6-7-16-11(8-10)14-12(15-16)9-4-2-1-3-5-9;1-3-7-6-17-11(13-7)8-4-12-14(2)10(8)9(16)5-15;1-3-6-5-16-9(12-6)7-4-11-13(2)8(7)10(14)15;1-6-4-7(2)9(8(3)5-6)13(10,11)12;1-12-7(11)5-2-3-10(9)6(8)4-5;/h4-11H,12H2,1-3H3;1-8H,(H,17,18);4-5,17H,6H2,1-3H3;1-8H,13H2;4,6,15H,3,5H2,1-2H3;4-5H,3H2,1-2H3,(H,14,15);4-5H,1-3H3,(H,10,11,12);2-4,8H,9H2,1H3;1H. The van der Waals surface area contributed by atoms with Gasteiger partial charge in [0.1, 0.15) is 62.4 Å². The van der Waals surface area contributed by atoms with Crippen LogP contribution in [-0.2, 0) is 64.8 Å². The van der Waals surface area contributed by atoms with E-state index in [-0.39, 0.29) is 52.5 Å². The first-order valence-corrected chi connectivity index (χ1v) is 43.9.